The first-order valence-electron chi connectivity index (χ1n) is 11.3. The monoisotopic (exact) mass is 410 g/mol. The van der Waals surface area contributed by atoms with Crippen LogP contribution < -0.4 is 0 Å². The molecule has 0 spiro atoms. The van der Waals surface area contributed by atoms with Crippen LogP contribution in [0.5, 0.6) is 0 Å². The Bertz CT molecular complexity index is 913. The highest BCUT2D eigenvalue weighted by Crippen LogP contribution is 2.27. The van der Waals surface area contributed by atoms with Gasteiger partial charge in [-0.05, 0) is 51.1 Å². The number of nitrogens with zero attached hydrogens (tertiary/aromatic N) is 6. The molecular formula is C22H30N6O2. The lowest BCUT2D eigenvalue weighted by atomic mass is 9.93. The van der Waals surface area contributed by atoms with Crippen molar-refractivity contribution in [1.29, 1.82) is 0 Å². The van der Waals surface area contributed by atoms with E-state index in [1.165, 1.54) is 0 Å². The van der Waals surface area contributed by atoms with Crippen LogP contribution in [0.4, 0.5) is 0 Å². The molecule has 5 heterocycles. The number of likely N-dealkylation sites (tertiary alicyclic amines) is 3. The average Bonchev–Trinajstić information content (AvgIpc) is 3.49. The van der Waals surface area contributed by atoms with Crippen LogP contribution in [0, 0.1) is 5.92 Å². The lowest BCUT2D eigenvalue weighted by Gasteiger charge is -2.42. The van der Waals surface area contributed by atoms with Gasteiger partial charge in [0.05, 0.1) is 12.1 Å². The molecule has 0 aliphatic carbocycles. The van der Waals surface area contributed by atoms with E-state index >= 15 is 0 Å². The summed E-state index contributed by atoms with van der Waals surface area (Å²) in [6.07, 6.45) is 11.5. The van der Waals surface area contributed by atoms with Gasteiger partial charge in [0.25, 0.3) is 5.91 Å². The maximum atomic E-state index is 13.0. The molecule has 0 bridgehead atoms. The van der Waals surface area contributed by atoms with Crippen LogP contribution in [0.1, 0.15) is 48.9 Å². The fourth-order valence-electron chi connectivity index (χ4n) is 5.32. The second kappa shape index (κ2) is 8.34. The Morgan fingerprint density at radius 3 is 2.53 bits per heavy atom. The molecule has 2 aromatic rings. The standard InChI is InChI=1S/C22H30N6O2/c29-21(25-9-1-2-10-25)17-5-3-11-27(16-17)18-6-13-26(14-7-18)22(30)19-15-24-28-12-4-8-23-20(19)28/h4,8,12,15,17-18H,1-3,5-7,9-11,13-14,16H2. The highest BCUT2D eigenvalue weighted by atomic mass is 16.2. The number of piperidine rings is 2. The van der Waals surface area contributed by atoms with Crippen molar-refractivity contribution in [3.05, 3.63) is 30.2 Å². The molecule has 30 heavy (non-hydrogen) atoms. The summed E-state index contributed by atoms with van der Waals surface area (Å²) in [5.41, 5.74) is 1.19. The number of hydrogen-bond donors (Lipinski definition) is 0. The van der Waals surface area contributed by atoms with Crippen LogP contribution in [0.2, 0.25) is 0 Å². The predicted molar refractivity (Wildman–Crippen MR) is 112 cm³/mol. The van der Waals surface area contributed by atoms with E-state index in [4.69, 9.17) is 0 Å². The molecule has 0 N–H and O–H groups in total. The minimum Gasteiger partial charge on any atom is -0.342 e. The fraction of sp³-hybridized carbons (Fsp3) is 0.636. The molecule has 8 nitrogen and oxygen atoms in total. The van der Waals surface area contributed by atoms with E-state index in [0.29, 0.717) is 23.2 Å². The number of amides is 2. The summed E-state index contributed by atoms with van der Waals surface area (Å²) in [5.74, 6) is 0.537. The van der Waals surface area contributed by atoms with Gasteiger partial charge in [0.15, 0.2) is 5.65 Å². The maximum Gasteiger partial charge on any atom is 0.259 e. The van der Waals surface area contributed by atoms with Crippen LogP contribution >= 0.6 is 0 Å². The van der Waals surface area contributed by atoms with Gasteiger partial charge in [0.1, 0.15) is 5.56 Å². The Morgan fingerprint density at radius 2 is 1.73 bits per heavy atom. The Kier molecular flexibility index (Phi) is 5.41. The second-order valence-electron chi connectivity index (χ2n) is 8.84. The van der Waals surface area contributed by atoms with Gasteiger partial charge in [-0.2, -0.15) is 5.10 Å². The Balaban J connectivity index is 1.18. The van der Waals surface area contributed by atoms with Crippen molar-refractivity contribution in [1.82, 2.24) is 29.3 Å². The van der Waals surface area contributed by atoms with Crippen LogP contribution in [0.25, 0.3) is 5.65 Å². The number of aromatic nitrogens is 3. The molecule has 0 aromatic carbocycles. The predicted octanol–water partition coefficient (Wildman–Crippen LogP) is 1.67. The van der Waals surface area contributed by atoms with Gasteiger partial charge in [-0.3, -0.25) is 14.5 Å². The lowest BCUT2D eigenvalue weighted by molar-refractivity contribution is -0.136. The zero-order chi connectivity index (χ0) is 20.5. The van der Waals surface area contributed by atoms with Crippen LogP contribution in [0.15, 0.2) is 24.7 Å². The minimum atomic E-state index is 0.0166. The number of hydrogen-bond acceptors (Lipinski definition) is 5. The van der Waals surface area contributed by atoms with Gasteiger partial charge in [-0.25, -0.2) is 9.50 Å². The van der Waals surface area contributed by atoms with Crippen LogP contribution in [0.3, 0.4) is 0 Å². The van der Waals surface area contributed by atoms with Crippen molar-refractivity contribution in [3.63, 3.8) is 0 Å². The molecule has 0 saturated carbocycles. The highest BCUT2D eigenvalue weighted by molar-refractivity contribution is 5.99. The van der Waals surface area contributed by atoms with Gasteiger partial charge >= 0.3 is 0 Å². The molecular weight excluding hydrogens is 380 g/mol. The topological polar surface area (TPSA) is 74.0 Å². The summed E-state index contributed by atoms with van der Waals surface area (Å²) in [6.45, 7) is 5.32. The Hall–Kier alpha value is -2.48. The number of fused-ring (bicyclic) bond motifs is 1. The van der Waals surface area contributed by atoms with Crippen LogP contribution in [-0.2, 0) is 4.79 Å². The molecule has 1 atom stereocenters. The smallest absolute Gasteiger partial charge is 0.259 e. The number of carbonyl (C=O) groups excluding carboxylic acids is 2. The van der Waals surface area contributed by atoms with E-state index in [2.05, 4.69) is 19.9 Å². The second-order valence-corrected chi connectivity index (χ2v) is 8.84. The average molecular weight is 411 g/mol. The first-order chi connectivity index (χ1) is 14.7. The van der Waals surface area contributed by atoms with E-state index in [-0.39, 0.29) is 11.8 Å². The van der Waals surface area contributed by atoms with Crippen molar-refractivity contribution in [2.75, 3.05) is 39.3 Å². The molecule has 1 unspecified atom stereocenters. The fourth-order valence-corrected chi connectivity index (χ4v) is 5.32. The van der Waals surface area contributed by atoms with Gasteiger partial charge < -0.3 is 9.80 Å². The zero-order valence-corrected chi connectivity index (χ0v) is 17.4. The molecule has 3 aliphatic rings. The van der Waals surface area contributed by atoms with E-state index in [1.807, 2.05) is 11.1 Å². The van der Waals surface area contributed by atoms with Gasteiger partial charge in [0.2, 0.25) is 5.91 Å². The van der Waals surface area contributed by atoms with Crippen molar-refractivity contribution < 1.29 is 9.59 Å². The third-order valence-corrected chi connectivity index (χ3v) is 7.00. The molecule has 2 aromatic heterocycles. The zero-order valence-electron chi connectivity index (χ0n) is 17.4. The van der Waals surface area contributed by atoms with E-state index in [0.717, 1.165) is 77.8 Å². The lowest BCUT2D eigenvalue weighted by Crippen LogP contribution is -2.51. The molecule has 3 aliphatic heterocycles. The van der Waals surface area contributed by atoms with Crippen molar-refractivity contribution >= 4 is 17.5 Å². The Morgan fingerprint density at radius 1 is 0.933 bits per heavy atom. The summed E-state index contributed by atoms with van der Waals surface area (Å²) in [6, 6.07) is 2.27. The molecule has 160 valence electrons. The number of carbonyl (C=O) groups is 2. The molecule has 3 fully saturated rings. The largest absolute Gasteiger partial charge is 0.342 e. The molecule has 8 heteroatoms. The highest BCUT2D eigenvalue weighted by Gasteiger charge is 2.35. The van der Waals surface area contributed by atoms with E-state index in [1.54, 1.807) is 23.0 Å². The van der Waals surface area contributed by atoms with Crippen molar-refractivity contribution in [2.45, 2.75) is 44.6 Å². The Labute approximate surface area is 176 Å². The van der Waals surface area contributed by atoms with Crippen molar-refractivity contribution in [2.24, 2.45) is 5.92 Å². The quantitative estimate of drug-likeness (QED) is 0.770. The maximum absolute atomic E-state index is 13.0. The van der Waals surface area contributed by atoms with E-state index < -0.39 is 0 Å². The summed E-state index contributed by atoms with van der Waals surface area (Å²) in [7, 11) is 0. The van der Waals surface area contributed by atoms with Gasteiger partial charge in [-0.1, -0.05) is 0 Å². The normalized spacial score (nSPS) is 23.9. The first-order valence-corrected chi connectivity index (χ1v) is 11.3. The van der Waals surface area contributed by atoms with Gasteiger partial charge in [0, 0.05) is 51.2 Å². The molecule has 5 rings (SSSR count). The summed E-state index contributed by atoms with van der Waals surface area (Å²) >= 11 is 0. The molecule has 3 saturated heterocycles. The van der Waals surface area contributed by atoms with E-state index in [9.17, 15) is 9.59 Å². The van der Waals surface area contributed by atoms with Crippen LogP contribution in [-0.4, -0.2) is 86.4 Å². The summed E-state index contributed by atoms with van der Waals surface area (Å²) in [5, 5.41) is 4.24. The van der Waals surface area contributed by atoms with Crippen molar-refractivity contribution in [3.8, 4) is 0 Å². The summed E-state index contributed by atoms with van der Waals surface area (Å²) in [4.78, 5) is 36.7. The molecule has 2 amide bonds. The molecule has 0 radical (unpaired) electrons. The first kappa shape index (κ1) is 19.5. The third-order valence-electron chi connectivity index (χ3n) is 7.00. The minimum absolute atomic E-state index is 0.0166. The summed E-state index contributed by atoms with van der Waals surface area (Å²) < 4.78 is 1.64. The SMILES string of the molecule is O=C(c1cnn2cccnc12)N1CCC(N2CCCC(C(=O)N3CCCC3)C2)CC1. The van der Waals surface area contributed by atoms with Gasteiger partial charge in [-0.15, -0.1) is 0 Å². The number of rotatable bonds is 3. The third kappa shape index (κ3) is 3.69.